The van der Waals surface area contributed by atoms with E-state index in [1.165, 1.54) is 12.1 Å². The molecule has 19 heavy (non-hydrogen) atoms. The standard InChI is InChI=1S/C12H15FN2O3.ClH/c13-10-2-1-9(7-11(10)15(16)17)12(14)8-3-5-18-6-4-8;/h1-2,7-8,12H,3-6,14H2;1H/t12-;/m1./s1. The summed E-state index contributed by atoms with van der Waals surface area (Å²) in [6.45, 7) is 1.31. The average Bonchev–Trinajstić information content (AvgIpc) is 2.39. The number of hydrogen-bond acceptors (Lipinski definition) is 4. The second-order valence-electron chi connectivity index (χ2n) is 4.44. The summed E-state index contributed by atoms with van der Waals surface area (Å²) in [5, 5.41) is 10.7. The van der Waals surface area contributed by atoms with E-state index < -0.39 is 16.4 Å². The van der Waals surface area contributed by atoms with Gasteiger partial charge in [-0.05, 0) is 30.4 Å². The number of halogens is 2. The Labute approximate surface area is 116 Å². The predicted molar refractivity (Wildman–Crippen MR) is 70.8 cm³/mol. The minimum Gasteiger partial charge on any atom is -0.381 e. The van der Waals surface area contributed by atoms with Gasteiger partial charge in [0.15, 0.2) is 0 Å². The first-order valence-corrected chi connectivity index (χ1v) is 5.86. The molecule has 106 valence electrons. The fourth-order valence-electron chi connectivity index (χ4n) is 2.22. The second kappa shape index (κ2) is 6.79. The lowest BCUT2D eigenvalue weighted by Crippen LogP contribution is -2.27. The van der Waals surface area contributed by atoms with Crippen LogP contribution in [-0.2, 0) is 4.74 Å². The number of benzene rings is 1. The quantitative estimate of drug-likeness (QED) is 0.685. The Hall–Kier alpha value is -1.24. The van der Waals surface area contributed by atoms with Crippen molar-refractivity contribution in [3.05, 3.63) is 39.7 Å². The van der Waals surface area contributed by atoms with E-state index in [-0.39, 0.29) is 24.4 Å². The van der Waals surface area contributed by atoms with Gasteiger partial charge in [-0.1, -0.05) is 6.07 Å². The number of nitro benzene ring substituents is 1. The van der Waals surface area contributed by atoms with Crippen LogP contribution in [-0.4, -0.2) is 18.1 Å². The molecule has 2 N–H and O–H groups in total. The topological polar surface area (TPSA) is 78.4 Å². The molecule has 1 heterocycles. The van der Waals surface area contributed by atoms with E-state index in [1.807, 2.05) is 0 Å². The van der Waals surface area contributed by atoms with Gasteiger partial charge in [0.1, 0.15) is 0 Å². The molecule has 0 unspecified atom stereocenters. The van der Waals surface area contributed by atoms with Crippen molar-refractivity contribution in [1.82, 2.24) is 0 Å². The summed E-state index contributed by atoms with van der Waals surface area (Å²) < 4.78 is 18.5. The third-order valence-corrected chi connectivity index (χ3v) is 3.33. The first kappa shape index (κ1) is 15.8. The van der Waals surface area contributed by atoms with Gasteiger partial charge in [0.2, 0.25) is 5.82 Å². The van der Waals surface area contributed by atoms with E-state index in [0.717, 1.165) is 18.9 Å². The highest BCUT2D eigenvalue weighted by Gasteiger charge is 2.24. The zero-order valence-electron chi connectivity index (χ0n) is 10.3. The van der Waals surface area contributed by atoms with E-state index in [2.05, 4.69) is 0 Å². The first-order chi connectivity index (χ1) is 8.59. The highest BCUT2D eigenvalue weighted by molar-refractivity contribution is 5.85. The molecule has 1 aliphatic heterocycles. The Kier molecular flexibility index (Phi) is 5.65. The zero-order chi connectivity index (χ0) is 13.1. The van der Waals surface area contributed by atoms with Crippen molar-refractivity contribution in [2.24, 2.45) is 11.7 Å². The molecule has 1 saturated heterocycles. The van der Waals surface area contributed by atoms with Crippen LogP contribution in [0.3, 0.4) is 0 Å². The Morgan fingerprint density at radius 1 is 1.42 bits per heavy atom. The molecule has 1 fully saturated rings. The lowest BCUT2D eigenvalue weighted by molar-refractivity contribution is -0.387. The largest absolute Gasteiger partial charge is 0.381 e. The summed E-state index contributed by atoms with van der Waals surface area (Å²) in [5.74, 6) is -0.605. The highest BCUT2D eigenvalue weighted by Crippen LogP contribution is 2.30. The van der Waals surface area contributed by atoms with E-state index in [9.17, 15) is 14.5 Å². The normalized spacial score (nSPS) is 17.6. The van der Waals surface area contributed by atoms with Crippen molar-refractivity contribution in [1.29, 1.82) is 0 Å². The van der Waals surface area contributed by atoms with E-state index in [4.69, 9.17) is 10.5 Å². The number of nitrogens with zero attached hydrogens (tertiary/aromatic N) is 1. The summed E-state index contributed by atoms with van der Waals surface area (Å²) in [5.41, 5.74) is 6.18. The molecule has 2 rings (SSSR count). The van der Waals surface area contributed by atoms with Gasteiger partial charge in [-0.15, -0.1) is 12.4 Å². The van der Waals surface area contributed by atoms with Crippen LogP contribution in [0, 0.1) is 21.8 Å². The maximum atomic E-state index is 13.2. The first-order valence-electron chi connectivity index (χ1n) is 5.86. The summed E-state index contributed by atoms with van der Waals surface area (Å²) >= 11 is 0. The van der Waals surface area contributed by atoms with Gasteiger partial charge in [-0.2, -0.15) is 4.39 Å². The molecular formula is C12H16ClFN2O3. The highest BCUT2D eigenvalue weighted by atomic mass is 35.5. The van der Waals surface area contributed by atoms with Gasteiger partial charge in [0.05, 0.1) is 4.92 Å². The minimum atomic E-state index is -0.831. The molecule has 0 aromatic heterocycles. The van der Waals surface area contributed by atoms with Gasteiger partial charge in [-0.25, -0.2) is 0 Å². The van der Waals surface area contributed by atoms with Gasteiger partial charge < -0.3 is 10.5 Å². The lowest BCUT2D eigenvalue weighted by atomic mass is 9.87. The van der Waals surface area contributed by atoms with Crippen molar-refractivity contribution in [3.63, 3.8) is 0 Å². The fraction of sp³-hybridized carbons (Fsp3) is 0.500. The van der Waals surface area contributed by atoms with Crippen LogP contribution in [0.5, 0.6) is 0 Å². The molecule has 1 atom stereocenters. The smallest absolute Gasteiger partial charge is 0.305 e. The molecule has 5 nitrogen and oxygen atoms in total. The van der Waals surface area contributed by atoms with Crippen LogP contribution < -0.4 is 5.73 Å². The summed E-state index contributed by atoms with van der Waals surface area (Å²) in [6, 6.07) is 3.54. The number of rotatable bonds is 3. The molecule has 0 bridgehead atoms. The number of nitro groups is 1. The van der Waals surface area contributed by atoms with E-state index in [0.29, 0.717) is 18.8 Å². The maximum absolute atomic E-state index is 13.2. The van der Waals surface area contributed by atoms with Gasteiger partial charge in [0, 0.05) is 25.3 Å². The third-order valence-electron chi connectivity index (χ3n) is 3.33. The molecule has 0 aliphatic carbocycles. The van der Waals surface area contributed by atoms with Crippen molar-refractivity contribution in [3.8, 4) is 0 Å². The predicted octanol–water partition coefficient (Wildman–Crippen LogP) is 2.58. The molecule has 0 radical (unpaired) electrons. The van der Waals surface area contributed by atoms with Gasteiger partial charge in [0.25, 0.3) is 0 Å². The molecule has 1 aromatic rings. The molecule has 1 aliphatic rings. The second-order valence-corrected chi connectivity index (χ2v) is 4.44. The average molecular weight is 291 g/mol. The van der Waals surface area contributed by atoms with Crippen molar-refractivity contribution < 1.29 is 14.1 Å². The maximum Gasteiger partial charge on any atom is 0.305 e. The zero-order valence-corrected chi connectivity index (χ0v) is 11.1. The SMILES string of the molecule is Cl.N[C@@H](c1ccc(F)c([N+](=O)[O-])c1)C1CCOCC1. The monoisotopic (exact) mass is 290 g/mol. The van der Waals surface area contributed by atoms with E-state index in [1.54, 1.807) is 0 Å². The molecule has 0 spiro atoms. The number of hydrogen-bond donors (Lipinski definition) is 1. The summed E-state index contributed by atoms with van der Waals surface area (Å²) in [6.07, 6.45) is 1.65. The van der Waals surface area contributed by atoms with Crippen LogP contribution in [0.2, 0.25) is 0 Å². The van der Waals surface area contributed by atoms with Crippen LogP contribution >= 0.6 is 12.4 Å². The Bertz CT molecular complexity index is 453. The van der Waals surface area contributed by atoms with Gasteiger partial charge in [-0.3, -0.25) is 10.1 Å². The summed E-state index contributed by atoms with van der Waals surface area (Å²) in [4.78, 5) is 9.95. The number of ether oxygens (including phenoxy) is 1. The van der Waals surface area contributed by atoms with Crippen molar-refractivity contribution >= 4 is 18.1 Å². The lowest BCUT2D eigenvalue weighted by Gasteiger charge is -2.27. The Balaban J connectivity index is 0.00000180. The third kappa shape index (κ3) is 3.62. The molecule has 1 aromatic carbocycles. The Morgan fingerprint density at radius 3 is 2.63 bits per heavy atom. The van der Waals surface area contributed by atoms with Gasteiger partial charge >= 0.3 is 5.69 Å². The summed E-state index contributed by atoms with van der Waals surface area (Å²) in [7, 11) is 0. The molecule has 0 saturated carbocycles. The van der Waals surface area contributed by atoms with Crippen LogP contribution in [0.25, 0.3) is 0 Å². The molecule has 7 heteroatoms. The van der Waals surface area contributed by atoms with Crippen LogP contribution in [0.15, 0.2) is 18.2 Å². The molecular weight excluding hydrogens is 275 g/mol. The number of nitrogens with two attached hydrogens (primary N) is 1. The van der Waals surface area contributed by atoms with E-state index >= 15 is 0 Å². The van der Waals surface area contributed by atoms with Crippen LogP contribution in [0.4, 0.5) is 10.1 Å². The van der Waals surface area contributed by atoms with Crippen molar-refractivity contribution in [2.75, 3.05) is 13.2 Å². The van der Waals surface area contributed by atoms with Crippen molar-refractivity contribution in [2.45, 2.75) is 18.9 Å². The Morgan fingerprint density at radius 2 is 2.05 bits per heavy atom. The van der Waals surface area contributed by atoms with Crippen LogP contribution in [0.1, 0.15) is 24.4 Å². The minimum absolute atomic E-state index is 0. The fourth-order valence-corrected chi connectivity index (χ4v) is 2.22. The molecule has 0 amide bonds.